The number of nitrogens with two attached hydrogens (primary N) is 1. The van der Waals surface area contributed by atoms with Crippen LogP contribution < -0.4 is 21.7 Å². The van der Waals surface area contributed by atoms with Crippen LogP contribution >= 0.6 is 0 Å². The third-order valence-electron chi connectivity index (χ3n) is 5.03. The molecule has 0 aliphatic rings. The van der Waals surface area contributed by atoms with Crippen molar-refractivity contribution in [2.24, 2.45) is 0 Å². The van der Waals surface area contributed by atoms with Gasteiger partial charge in [-0.1, -0.05) is 18.2 Å². The van der Waals surface area contributed by atoms with E-state index >= 15 is 0 Å². The number of nitro groups is 2. The van der Waals surface area contributed by atoms with E-state index in [0.717, 1.165) is 40.4 Å². The van der Waals surface area contributed by atoms with Gasteiger partial charge in [0.15, 0.2) is 0 Å². The maximum absolute atomic E-state index is 10.4. The standard InChI is InChI=1S/C9H12N2O2.C8H10N2O2.C8H12N2.3H2/c1-3-10-9-6-8(11(12)13)5-4-7(9)2;1-6-3-4-7(10(11)12)5-8(6)9-2;1-6-3-4-7(9)5-8(6)10-2;;;/h4-6,10H,3H2,1-2H3;3-5,9H,1-2H3;3-5,10H,9H2,1-2H3;3*1H. The van der Waals surface area contributed by atoms with Gasteiger partial charge in [-0.25, -0.2) is 0 Å². The van der Waals surface area contributed by atoms with E-state index in [1.807, 2.05) is 52.9 Å². The van der Waals surface area contributed by atoms with Crippen LogP contribution in [0.2, 0.25) is 0 Å². The average molecular weight is 489 g/mol. The summed E-state index contributed by atoms with van der Waals surface area (Å²) < 4.78 is 0. The summed E-state index contributed by atoms with van der Waals surface area (Å²) in [5.41, 5.74) is 12.6. The van der Waals surface area contributed by atoms with Crippen LogP contribution in [0.4, 0.5) is 34.1 Å². The number of rotatable bonds is 6. The zero-order valence-corrected chi connectivity index (χ0v) is 21.0. The topological polar surface area (TPSA) is 148 Å². The van der Waals surface area contributed by atoms with Gasteiger partial charge in [0.05, 0.1) is 9.85 Å². The molecule has 3 rings (SSSR count). The molecule has 0 fully saturated rings. The van der Waals surface area contributed by atoms with Crippen LogP contribution in [0.15, 0.2) is 54.6 Å². The van der Waals surface area contributed by atoms with E-state index in [2.05, 4.69) is 16.0 Å². The SMILES string of the molecule is CCNc1cc([N+](=O)[O-])ccc1C.CNc1cc(N)ccc1C.CNc1cc([N+](=O)[O-])ccc1C.[HH].[HH].[HH]. The van der Waals surface area contributed by atoms with Crippen LogP contribution in [0, 0.1) is 41.0 Å². The molecule has 0 bridgehead atoms. The molecular formula is C25H40N6O4. The Labute approximate surface area is 210 Å². The van der Waals surface area contributed by atoms with Crippen molar-refractivity contribution in [1.82, 2.24) is 0 Å². The summed E-state index contributed by atoms with van der Waals surface area (Å²) in [5, 5.41) is 29.8. The van der Waals surface area contributed by atoms with E-state index < -0.39 is 4.92 Å². The Morgan fingerprint density at radius 1 is 0.743 bits per heavy atom. The molecule has 0 heterocycles. The minimum absolute atomic E-state index is 0. The molecule has 0 saturated heterocycles. The molecule has 0 unspecified atom stereocenters. The van der Waals surface area contributed by atoms with Gasteiger partial charge in [-0.3, -0.25) is 20.2 Å². The first kappa shape index (κ1) is 28.7. The molecule has 0 aromatic heterocycles. The molecule has 5 N–H and O–H groups in total. The van der Waals surface area contributed by atoms with Gasteiger partial charge in [0.1, 0.15) is 0 Å². The molecule has 194 valence electrons. The van der Waals surface area contributed by atoms with E-state index in [0.29, 0.717) is 0 Å². The van der Waals surface area contributed by atoms with Gasteiger partial charge in [-0.2, -0.15) is 0 Å². The number of nitrogens with one attached hydrogen (secondary N) is 3. The van der Waals surface area contributed by atoms with Crippen molar-refractivity contribution in [3.63, 3.8) is 0 Å². The Hall–Kier alpha value is -4.34. The van der Waals surface area contributed by atoms with Gasteiger partial charge in [-0.15, -0.1) is 0 Å². The minimum Gasteiger partial charge on any atom is -0.399 e. The van der Waals surface area contributed by atoms with Gasteiger partial charge >= 0.3 is 0 Å². The molecule has 0 aliphatic carbocycles. The summed E-state index contributed by atoms with van der Waals surface area (Å²) in [5.74, 6) is 0. The van der Waals surface area contributed by atoms with Gasteiger partial charge < -0.3 is 21.7 Å². The molecule has 3 aromatic rings. The van der Waals surface area contributed by atoms with Crippen LogP contribution in [0.25, 0.3) is 0 Å². The average Bonchev–Trinajstić information content (AvgIpc) is 2.83. The van der Waals surface area contributed by atoms with Crippen molar-refractivity contribution in [1.29, 1.82) is 0 Å². The van der Waals surface area contributed by atoms with Crippen LogP contribution in [-0.4, -0.2) is 30.5 Å². The number of non-ortho nitro benzene ring substituents is 2. The molecule has 0 radical (unpaired) electrons. The molecule has 10 heteroatoms. The summed E-state index contributed by atoms with van der Waals surface area (Å²) in [4.78, 5) is 20.0. The first-order valence-electron chi connectivity index (χ1n) is 11.0. The first-order chi connectivity index (χ1) is 16.5. The highest BCUT2D eigenvalue weighted by Gasteiger charge is 2.07. The first-order valence-corrected chi connectivity index (χ1v) is 11.0. The van der Waals surface area contributed by atoms with Crippen molar-refractivity contribution >= 4 is 34.1 Å². The summed E-state index contributed by atoms with van der Waals surface area (Å²) >= 11 is 0. The molecule has 0 atom stereocenters. The molecule has 0 spiro atoms. The number of nitrogens with zero attached hydrogens (tertiary/aromatic N) is 2. The Morgan fingerprint density at radius 2 is 1.14 bits per heavy atom. The predicted molar refractivity (Wildman–Crippen MR) is 151 cm³/mol. The Bertz CT molecular complexity index is 1170. The van der Waals surface area contributed by atoms with Crippen LogP contribution in [-0.2, 0) is 0 Å². The highest BCUT2D eigenvalue weighted by molar-refractivity contribution is 5.59. The molecule has 10 nitrogen and oxygen atoms in total. The van der Waals surface area contributed by atoms with Crippen molar-refractivity contribution in [2.45, 2.75) is 27.7 Å². The lowest BCUT2D eigenvalue weighted by Crippen LogP contribution is -1.99. The number of hydrogen-bond acceptors (Lipinski definition) is 8. The summed E-state index contributed by atoms with van der Waals surface area (Å²) in [6, 6.07) is 15.4. The molecule has 3 aromatic carbocycles. The number of nitrogen functional groups attached to an aromatic ring is 1. The van der Waals surface area contributed by atoms with E-state index in [1.165, 1.54) is 23.8 Å². The smallest absolute Gasteiger partial charge is 0.271 e. The van der Waals surface area contributed by atoms with Crippen molar-refractivity contribution < 1.29 is 14.1 Å². The zero-order valence-electron chi connectivity index (χ0n) is 21.0. The van der Waals surface area contributed by atoms with Crippen molar-refractivity contribution in [2.75, 3.05) is 42.3 Å². The fraction of sp³-hybridized carbons (Fsp3) is 0.280. The van der Waals surface area contributed by atoms with Gasteiger partial charge in [0.25, 0.3) is 11.4 Å². The predicted octanol–water partition coefficient (Wildman–Crippen LogP) is 6.64. The van der Waals surface area contributed by atoms with Crippen LogP contribution in [0.1, 0.15) is 27.9 Å². The second-order valence-electron chi connectivity index (χ2n) is 7.62. The summed E-state index contributed by atoms with van der Waals surface area (Å²) in [6.45, 7) is 8.59. The van der Waals surface area contributed by atoms with Crippen LogP contribution in [0.5, 0.6) is 0 Å². The molecule has 0 saturated carbocycles. The number of nitro benzene ring substituents is 2. The summed E-state index contributed by atoms with van der Waals surface area (Å²) in [7, 11) is 3.63. The maximum Gasteiger partial charge on any atom is 0.271 e. The quantitative estimate of drug-likeness (QED) is 0.171. The van der Waals surface area contributed by atoms with Crippen LogP contribution in [0.3, 0.4) is 0 Å². The fourth-order valence-electron chi connectivity index (χ4n) is 3.01. The maximum atomic E-state index is 10.4. The Morgan fingerprint density at radius 3 is 1.54 bits per heavy atom. The molecule has 0 amide bonds. The second-order valence-corrected chi connectivity index (χ2v) is 7.62. The fourth-order valence-corrected chi connectivity index (χ4v) is 3.01. The van der Waals surface area contributed by atoms with E-state index in [1.54, 1.807) is 25.2 Å². The molecular weight excluding hydrogens is 448 g/mol. The monoisotopic (exact) mass is 488 g/mol. The van der Waals surface area contributed by atoms with Gasteiger partial charge in [-0.05, 0) is 56.5 Å². The van der Waals surface area contributed by atoms with E-state index in [4.69, 9.17) is 5.73 Å². The number of hydrogen-bond donors (Lipinski definition) is 4. The molecule has 0 aliphatic heterocycles. The third kappa shape index (κ3) is 9.20. The molecule has 35 heavy (non-hydrogen) atoms. The largest absolute Gasteiger partial charge is 0.399 e. The van der Waals surface area contributed by atoms with Gasteiger partial charge in [0.2, 0.25) is 0 Å². The highest BCUT2D eigenvalue weighted by atomic mass is 16.6. The number of aryl methyl sites for hydroxylation is 3. The lowest BCUT2D eigenvalue weighted by molar-refractivity contribution is -0.385. The van der Waals surface area contributed by atoms with Crippen molar-refractivity contribution in [3.05, 3.63) is 91.5 Å². The Balaban J connectivity index is -0.000000469. The van der Waals surface area contributed by atoms with E-state index in [9.17, 15) is 20.2 Å². The number of benzene rings is 3. The summed E-state index contributed by atoms with van der Waals surface area (Å²) in [6.07, 6.45) is 0. The Kier molecular flexibility index (Phi) is 11.5. The lowest BCUT2D eigenvalue weighted by atomic mass is 10.2. The highest BCUT2D eigenvalue weighted by Crippen LogP contribution is 2.22. The second kappa shape index (κ2) is 14.0. The lowest BCUT2D eigenvalue weighted by Gasteiger charge is -2.05. The van der Waals surface area contributed by atoms with Gasteiger partial charge in [0, 0.05) is 71.9 Å². The van der Waals surface area contributed by atoms with Crippen molar-refractivity contribution in [3.8, 4) is 0 Å². The normalized spacial score (nSPS) is 9.54. The third-order valence-corrected chi connectivity index (χ3v) is 5.03. The minimum atomic E-state index is -0.403. The number of anilines is 4. The van der Waals surface area contributed by atoms with E-state index in [-0.39, 0.29) is 20.6 Å². The zero-order chi connectivity index (χ0) is 26.5.